The largest absolute Gasteiger partial charge is 0.390 e. The molecule has 0 unspecified atom stereocenters. The van der Waals surface area contributed by atoms with E-state index in [1.54, 1.807) is 16.9 Å². The van der Waals surface area contributed by atoms with E-state index in [0.717, 1.165) is 0 Å². The SMILES string of the molecule is CN(C)C[C@H](O)Cn1ccc(N)n1. The van der Waals surface area contributed by atoms with Gasteiger partial charge >= 0.3 is 0 Å². The number of aliphatic hydroxyl groups excluding tert-OH is 1. The van der Waals surface area contributed by atoms with Gasteiger partial charge in [-0.05, 0) is 20.2 Å². The van der Waals surface area contributed by atoms with Gasteiger partial charge in [0.25, 0.3) is 0 Å². The standard InChI is InChI=1S/C8H16N4O/c1-11(2)5-7(13)6-12-4-3-8(9)10-12/h3-4,7,13H,5-6H2,1-2H3,(H2,9,10)/t7-/m0/s1. The van der Waals surface area contributed by atoms with Crippen LogP contribution in [0, 0.1) is 0 Å². The molecule has 0 saturated carbocycles. The Morgan fingerprint density at radius 3 is 2.85 bits per heavy atom. The molecule has 0 radical (unpaired) electrons. The molecule has 0 spiro atoms. The van der Waals surface area contributed by atoms with Crippen LogP contribution in [0.2, 0.25) is 0 Å². The van der Waals surface area contributed by atoms with Crippen molar-refractivity contribution in [2.45, 2.75) is 12.6 Å². The van der Waals surface area contributed by atoms with E-state index in [9.17, 15) is 5.11 Å². The third kappa shape index (κ3) is 3.43. The lowest BCUT2D eigenvalue weighted by Gasteiger charge is -2.15. The second-order valence-electron chi connectivity index (χ2n) is 3.38. The first-order valence-corrected chi connectivity index (χ1v) is 4.19. The van der Waals surface area contributed by atoms with Crippen molar-refractivity contribution >= 4 is 5.82 Å². The quantitative estimate of drug-likeness (QED) is 0.655. The minimum atomic E-state index is -0.408. The molecule has 3 N–H and O–H groups in total. The fourth-order valence-electron chi connectivity index (χ4n) is 1.17. The average Bonchev–Trinajstić information content (AvgIpc) is 2.33. The minimum Gasteiger partial charge on any atom is -0.390 e. The highest BCUT2D eigenvalue weighted by molar-refractivity contribution is 5.23. The van der Waals surface area contributed by atoms with Crippen LogP contribution in [0.5, 0.6) is 0 Å². The molecule has 0 bridgehead atoms. The van der Waals surface area contributed by atoms with Crippen molar-refractivity contribution in [2.75, 3.05) is 26.4 Å². The Morgan fingerprint density at radius 2 is 2.38 bits per heavy atom. The number of hydrogen-bond acceptors (Lipinski definition) is 4. The van der Waals surface area contributed by atoms with Crippen molar-refractivity contribution in [3.8, 4) is 0 Å². The zero-order chi connectivity index (χ0) is 9.84. The van der Waals surface area contributed by atoms with Crippen molar-refractivity contribution < 1.29 is 5.11 Å². The molecule has 74 valence electrons. The number of nitrogen functional groups attached to an aromatic ring is 1. The molecule has 0 aliphatic heterocycles. The number of nitrogens with zero attached hydrogens (tertiary/aromatic N) is 3. The number of anilines is 1. The molecule has 0 amide bonds. The van der Waals surface area contributed by atoms with Crippen molar-refractivity contribution in [3.63, 3.8) is 0 Å². The first-order chi connectivity index (χ1) is 6.08. The lowest BCUT2D eigenvalue weighted by Crippen LogP contribution is -2.29. The lowest BCUT2D eigenvalue weighted by molar-refractivity contribution is 0.116. The molecule has 13 heavy (non-hydrogen) atoms. The van der Waals surface area contributed by atoms with Crippen LogP contribution in [0.15, 0.2) is 12.3 Å². The van der Waals surface area contributed by atoms with Crippen LogP contribution in [0.25, 0.3) is 0 Å². The summed E-state index contributed by atoms with van der Waals surface area (Å²) in [7, 11) is 3.83. The molecular weight excluding hydrogens is 168 g/mol. The Kier molecular flexibility index (Phi) is 3.27. The summed E-state index contributed by atoms with van der Waals surface area (Å²) in [6.45, 7) is 1.11. The maximum Gasteiger partial charge on any atom is 0.145 e. The van der Waals surface area contributed by atoms with E-state index >= 15 is 0 Å². The Labute approximate surface area is 77.8 Å². The average molecular weight is 184 g/mol. The molecule has 1 aromatic heterocycles. The fraction of sp³-hybridized carbons (Fsp3) is 0.625. The second-order valence-corrected chi connectivity index (χ2v) is 3.38. The molecule has 0 saturated heterocycles. The zero-order valence-electron chi connectivity index (χ0n) is 8.01. The van der Waals surface area contributed by atoms with Gasteiger partial charge in [-0.25, -0.2) is 0 Å². The predicted molar refractivity (Wildman–Crippen MR) is 51.2 cm³/mol. The summed E-state index contributed by atoms with van der Waals surface area (Å²) in [6, 6.07) is 1.71. The summed E-state index contributed by atoms with van der Waals surface area (Å²) in [5.74, 6) is 0.483. The van der Waals surface area contributed by atoms with Crippen LogP contribution >= 0.6 is 0 Å². The Hall–Kier alpha value is -1.07. The van der Waals surface area contributed by atoms with Gasteiger partial charge in [0.2, 0.25) is 0 Å². The number of likely N-dealkylation sites (N-methyl/N-ethyl adjacent to an activating group) is 1. The van der Waals surface area contributed by atoms with Gasteiger partial charge < -0.3 is 15.7 Å². The lowest BCUT2D eigenvalue weighted by atomic mass is 10.3. The fourth-order valence-corrected chi connectivity index (χ4v) is 1.17. The van der Waals surface area contributed by atoms with E-state index in [4.69, 9.17) is 5.73 Å². The van der Waals surface area contributed by atoms with Gasteiger partial charge in [0.05, 0.1) is 12.6 Å². The van der Waals surface area contributed by atoms with Crippen LogP contribution in [0.4, 0.5) is 5.82 Å². The summed E-state index contributed by atoms with van der Waals surface area (Å²) in [5.41, 5.74) is 5.43. The highest BCUT2D eigenvalue weighted by Gasteiger charge is 2.06. The maximum absolute atomic E-state index is 9.54. The van der Waals surface area contributed by atoms with Crippen molar-refractivity contribution in [3.05, 3.63) is 12.3 Å². The van der Waals surface area contributed by atoms with Crippen LogP contribution < -0.4 is 5.73 Å². The maximum atomic E-state index is 9.54. The summed E-state index contributed by atoms with van der Waals surface area (Å²) in [4.78, 5) is 1.93. The molecule has 0 aromatic carbocycles. The van der Waals surface area contributed by atoms with Gasteiger partial charge in [-0.1, -0.05) is 0 Å². The normalized spacial score (nSPS) is 13.5. The van der Waals surface area contributed by atoms with Crippen molar-refractivity contribution in [1.29, 1.82) is 0 Å². The topological polar surface area (TPSA) is 67.3 Å². The molecule has 1 aromatic rings. The van der Waals surface area contributed by atoms with Gasteiger partial charge in [-0.15, -0.1) is 0 Å². The van der Waals surface area contributed by atoms with E-state index in [0.29, 0.717) is 18.9 Å². The van der Waals surface area contributed by atoms with Gasteiger partial charge in [0, 0.05) is 12.7 Å². The van der Waals surface area contributed by atoms with E-state index in [1.807, 2.05) is 19.0 Å². The first kappa shape index (κ1) is 10.0. The number of aliphatic hydroxyl groups is 1. The third-order valence-corrected chi connectivity index (χ3v) is 1.63. The number of hydrogen-bond donors (Lipinski definition) is 2. The monoisotopic (exact) mass is 184 g/mol. The zero-order valence-corrected chi connectivity index (χ0v) is 8.01. The van der Waals surface area contributed by atoms with E-state index in [1.165, 1.54) is 0 Å². The molecule has 0 aliphatic carbocycles. The van der Waals surface area contributed by atoms with E-state index in [2.05, 4.69) is 5.10 Å². The summed E-state index contributed by atoms with van der Waals surface area (Å²) in [5, 5.41) is 13.5. The van der Waals surface area contributed by atoms with Crippen molar-refractivity contribution in [1.82, 2.24) is 14.7 Å². The van der Waals surface area contributed by atoms with Gasteiger partial charge in [-0.3, -0.25) is 4.68 Å². The van der Waals surface area contributed by atoms with Crippen molar-refractivity contribution in [2.24, 2.45) is 0 Å². The predicted octanol–water partition coefficient (Wildman–Crippen LogP) is -0.612. The summed E-state index contributed by atoms with van der Waals surface area (Å²) in [6.07, 6.45) is 1.35. The van der Waals surface area contributed by atoms with Gasteiger partial charge in [-0.2, -0.15) is 5.10 Å². The van der Waals surface area contributed by atoms with E-state index < -0.39 is 6.10 Å². The first-order valence-electron chi connectivity index (χ1n) is 4.19. The molecular formula is C8H16N4O. The molecule has 1 rings (SSSR count). The Bertz CT molecular complexity index is 258. The number of rotatable bonds is 4. The smallest absolute Gasteiger partial charge is 0.145 e. The summed E-state index contributed by atoms with van der Waals surface area (Å²) < 4.78 is 1.64. The van der Waals surface area contributed by atoms with Crippen LogP contribution in [0.3, 0.4) is 0 Å². The van der Waals surface area contributed by atoms with E-state index in [-0.39, 0.29) is 0 Å². The molecule has 1 heterocycles. The molecule has 5 heteroatoms. The van der Waals surface area contributed by atoms with Gasteiger partial charge in [0.15, 0.2) is 0 Å². The minimum absolute atomic E-state index is 0.408. The molecule has 1 atom stereocenters. The number of aromatic nitrogens is 2. The van der Waals surface area contributed by atoms with Crippen LogP contribution in [0.1, 0.15) is 0 Å². The van der Waals surface area contributed by atoms with Gasteiger partial charge in [0.1, 0.15) is 5.82 Å². The third-order valence-electron chi connectivity index (χ3n) is 1.63. The summed E-state index contributed by atoms with van der Waals surface area (Å²) >= 11 is 0. The Morgan fingerprint density at radius 1 is 1.69 bits per heavy atom. The molecule has 0 aliphatic rings. The highest BCUT2D eigenvalue weighted by atomic mass is 16.3. The number of nitrogens with two attached hydrogens (primary N) is 1. The Balaban J connectivity index is 2.40. The van der Waals surface area contributed by atoms with Crippen LogP contribution in [-0.4, -0.2) is 46.5 Å². The van der Waals surface area contributed by atoms with Crippen LogP contribution in [-0.2, 0) is 6.54 Å². The molecule has 5 nitrogen and oxygen atoms in total. The molecule has 0 fully saturated rings. The highest BCUT2D eigenvalue weighted by Crippen LogP contribution is 1.98. The second kappa shape index (κ2) is 4.25.